The zero-order chi connectivity index (χ0) is 25.1. The molecule has 2 fully saturated rings. The van der Waals surface area contributed by atoms with E-state index >= 15 is 0 Å². The molecule has 31 heavy (non-hydrogen) atoms. The zero-order valence-corrected chi connectivity index (χ0v) is 24.2. The minimum absolute atomic E-state index is 0.0588. The SMILES string of the molecule is CC1(C)O[C@@](C)(O[C@@]2(C)OC(C)(C)C(C)(C)C(C)(C)C2(C)C)C(C)(C)C(C)(C)C1(C)C. The first-order valence-electron chi connectivity index (χ1n) is 12.2. The largest absolute Gasteiger partial charge is 0.343 e. The number of ether oxygens (including phenoxy) is 3. The Labute approximate surface area is 194 Å². The summed E-state index contributed by atoms with van der Waals surface area (Å²) >= 11 is 0. The van der Waals surface area contributed by atoms with Crippen LogP contribution in [0.1, 0.15) is 125 Å². The summed E-state index contributed by atoms with van der Waals surface area (Å²) < 4.78 is 21.2. The Hall–Kier alpha value is -0.120. The average molecular weight is 439 g/mol. The van der Waals surface area contributed by atoms with Crippen LogP contribution in [0.15, 0.2) is 0 Å². The van der Waals surface area contributed by atoms with Crippen LogP contribution in [0, 0.1) is 32.5 Å². The molecular weight excluding hydrogens is 384 g/mol. The van der Waals surface area contributed by atoms with E-state index in [0.717, 1.165) is 0 Å². The van der Waals surface area contributed by atoms with Gasteiger partial charge in [-0.3, -0.25) is 0 Å². The molecule has 0 spiro atoms. The molecule has 0 amide bonds. The monoisotopic (exact) mass is 438 g/mol. The Kier molecular flexibility index (Phi) is 5.52. The van der Waals surface area contributed by atoms with Crippen molar-refractivity contribution < 1.29 is 14.2 Å². The fraction of sp³-hybridized carbons (Fsp3) is 1.00. The molecule has 2 heterocycles. The van der Waals surface area contributed by atoms with Gasteiger partial charge in [0.05, 0.1) is 11.2 Å². The van der Waals surface area contributed by atoms with Gasteiger partial charge >= 0.3 is 0 Å². The van der Waals surface area contributed by atoms with Gasteiger partial charge in [0.25, 0.3) is 0 Å². The third kappa shape index (κ3) is 2.88. The molecule has 0 aromatic carbocycles. The lowest BCUT2D eigenvalue weighted by atomic mass is 9.45. The van der Waals surface area contributed by atoms with Crippen molar-refractivity contribution in [3.8, 4) is 0 Å². The summed E-state index contributed by atoms with van der Waals surface area (Å²) in [5, 5.41) is 0. The van der Waals surface area contributed by atoms with Gasteiger partial charge in [-0.25, -0.2) is 0 Å². The van der Waals surface area contributed by atoms with E-state index < -0.39 is 11.6 Å². The molecule has 0 N–H and O–H groups in total. The molecule has 2 saturated heterocycles. The molecule has 0 radical (unpaired) electrons. The highest BCUT2D eigenvalue weighted by atomic mass is 16.8. The highest BCUT2D eigenvalue weighted by Crippen LogP contribution is 2.71. The summed E-state index contributed by atoms with van der Waals surface area (Å²) in [5.74, 6) is -1.68. The van der Waals surface area contributed by atoms with Crippen molar-refractivity contribution >= 4 is 0 Å². The summed E-state index contributed by atoms with van der Waals surface area (Å²) in [5.41, 5.74) is -1.54. The molecule has 0 aromatic rings. The van der Waals surface area contributed by atoms with Crippen LogP contribution in [0.5, 0.6) is 0 Å². The maximum atomic E-state index is 7.22. The van der Waals surface area contributed by atoms with E-state index in [1.807, 2.05) is 0 Å². The maximum absolute atomic E-state index is 7.22. The van der Waals surface area contributed by atoms with Crippen molar-refractivity contribution in [1.29, 1.82) is 0 Å². The minimum atomic E-state index is -0.838. The third-order valence-electron chi connectivity index (χ3n) is 12.8. The quantitative estimate of drug-likeness (QED) is 0.434. The summed E-state index contributed by atoms with van der Waals surface area (Å²) in [4.78, 5) is 0. The molecule has 3 heteroatoms. The molecular formula is C28H54O3. The molecule has 0 unspecified atom stereocenters. The Morgan fingerprint density at radius 1 is 0.323 bits per heavy atom. The molecule has 0 aliphatic carbocycles. The Morgan fingerprint density at radius 3 is 0.774 bits per heavy atom. The molecule has 2 rings (SSSR count). The lowest BCUT2D eigenvalue weighted by molar-refractivity contribution is -0.502. The van der Waals surface area contributed by atoms with Crippen LogP contribution >= 0.6 is 0 Å². The average Bonchev–Trinajstić information content (AvgIpc) is 2.50. The van der Waals surface area contributed by atoms with E-state index in [2.05, 4.69) is 125 Å². The van der Waals surface area contributed by atoms with Crippen molar-refractivity contribution in [3.05, 3.63) is 0 Å². The van der Waals surface area contributed by atoms with Gasteiger partial charge in [0.1, 0.15) is 0 Å². The number of hydrogen-bond acceptors (Lipinski definition) is 3. The normalized spacial score (nSPS) is 40.8. The fourth-order valence-corrected chi connectivity index (χ4v) is 6.36. The predicted molar refractivity (Wildman–Crippen MR) is 131 cm³/mol. The Balaban J connectivity index is 2.70. The van der Waals surface area contributed by atoms with Crippen LogP contribution < -0.4 is 0 Å². The van der Waals surface area contributed by atoms with Crippen molar-refractivity contribution in [3.63, 3.8) is 0 Å². The zero-order valence-electron chi connectivity index (χ0n) is 24.2. The second-order valence-electron chi connectivity index (χ2n) is 15.0. The van der Waals surface area contributed by atoms with Gasteiger partial charge in [0.2, 0.25) is 0 Å². The van der Waals surface area contributed by atoms with Crippen molar-refractivity contribution in [1.82, 2.24) is 0 Å². The summed E-state index contributed by atoms with van der Waals surface area (Å²) in [6.45, 7) is 41.0. The lowest BCUT2D eigenvalue weighted by Crippen LogP contribution is -2.76. The first-order valence-corrected chi connectivity index (χ1v) is 12.2. The second-order valence-corrected chi connectivity index (χ2v) is 15.0. The first-order chi connectivity index (χ1) is 13.1. The number of hydrogen-bond donors (Lipinski definition) is 0. The topological polar surface area (TPSA) is 27.7 Å². The first kappa shape index (κ1) is 27.1. The Bertz CT molecular complexity index is 673. The highest BCUT2D eigenvalue weighted by molar-refractivity contribution is 5.16. The van der Waals surface area contributed by atoms with E-state index in [1.165, 1.54) is 0 Å². The lowest BCUT2D eigenvalue weighted by Gasteiger charge is -2.73. The van der Waals surface area contributed by atoms with Gasteiger partial charge in [0.15, 0.2) is 11.6 Å². The minimum Gasteiger partial charge on any atom is -0.343 e. The smallest absolute Gasteiger partial charge is 0.175 e. The molecule has 2 aliphatic rings. The van der Waals surface area contributed by atoms with E-state index in [9.17, 15) is 0 Å². The molecule has 0 saturated carbocycles. The second kappa shape index (κ2) is 6.30. The Morgan fingerprint density at radius 2 is 0.548 bits per heavy atom. The van der Waals surface area contributed by atoms with Gasteiger partial charge < -0.3 is 14.2 Å². The van der Waals surface area contributed by atoms with Gasteiger partial charge in [0, 0.05) is 10.8 Å². The predicted octanol–water partition coefficient (Wildman–Crippen LogP) is 8.21. The van der Waals surface area contributed by atoms with Crippen LogP contribution in [-0.2, 0) is 14.2 Å². The van der Waals surface area contributed by atoms with Crippen LogP contribution in [0.3, 0.4) is 0 Å². The van der Waals surface area contributed by atoms with Crippen molar-refractivity contribution in [2.24, 2.45) is 32.5 Å². The van der Waals surface area contributed by atoms with E-state index in [1.54, 1.807) is 0 Å². The van der Waals surface area contributed by atoms with Crippen LogP contribution in [0.2, 0.25) is 0 Å². The molecule has 184 valence electrons. The molecule has 0 bridgehead atoms. The van der Waals surface area contributed by atoms with Crippen LogP contribution in [0.25, 0.3) is 0 Å². The summed E-state index contributed by atoms with van der Waals surface area (Å²) in [7, 11) is 0. The fourth-order valence-electron chi connectivity index (χ4n) is 6.36. The molecule has 2 atom stereocenters. The highest BCUT2D eigenvalue weighted by Gasteiger charge is 2.73. The molecule has 3 nitrogen and oxygen atoms in total. The van der Waals surface area contributed by atoms with Gasteiger partial charge in [-0.1, -0.05) is 83.1 Å². The van der Waals surface area contributed by atoms with E-state index in [0.29, 0.717) is 0 Å². The van der Waals surface area contributed by atoms with Crippen molar-refractivity contribution in [2.75, 3.05) is 0 Å². The van der Waals surface area contributed by atoms with Crippen LogP contribution in [0.4, 0.5) is 0 Å². The van der Waals surface area contributed by atoms with Crippen LogP contribution in [-0.4, -0.2) is 22.8 Å². The van der Waals surface area contributed by atoms with E-state index in [-0.39, 0.29) is 43.7 Å². The third-order valence-corrected chi connectivity index (χ3v) is 12.8. The van der Waals surface area contributed by atoms with E-state index in [4.69, 9.17) is 14.2 Å². The van der Waals surface area contributed by atoms with Gasteiger partial charge in [-0.05, 0) is 63.2 Å². The van der Waals surface area contributed by atoms with Gasteiger partial charge in [-0.15, -0.1) is 0 Å². The summed E-state index contributed by atoms with van der Waals surface area (Å²) in [6, 6.07) is 0. The molecule has 2 aliphatic heterocycles. The maximum Gasteiger partial charge on any atom is 0.175 e. The number of rotatable bonds is 2. The molecule has 0 aromatic heterocycles. The van der Waals surface area contributed by atoms with Crippen molar-refractivity contribution in [2.45, 2.75) is 147 Å². The standard InChI is InChI=1S/C28H54O3/c1-19(2)21(5,6)25(13,14)29-27(17,23(19,9)10)31-28(18)24(11,12)20(3,4)22(7,8)26(15,16)30-28/h1-18H3/t27-,28+. The van der Waals surface area contributed by atoms with Gasteiger partial charge in [-0.2, -0.15) is 0 Å². The summed E-state index contributed by atoms with van der Waals surface area (Å²) in [6.07, 6.45) is 0.